The normalized spacial score (nSPS) is 48.6. The minimum atomic E-state index is -0.640. The fourth-order valence-corrected chi connectivity index (χ4v) is 3.13. The van der Waals surface area contributed by atoms with Gasteiger partial charge in [-0.2, -0.15) is 0 Å². The van der Waals surface area contributed by atoms with Gasteiger partial charge >= 0.3 is 0 Å². The first-order valence-electron chi connectivity index (χ1n) is 5.93. The Kier molecular flexibility index (Phi) is 2.25. The summed E-state index contributed by atoms with van der Waals surface area (Å²) in [4.78, 5) is 2.42. The highest BCUT2D eigenvalue weighted by Gasteiger charge is 2.44. The topological polar surface area (TPSA) is 15.3 Å². The zero-order valence-corrected chi connectivity index (χ0v) is 8.58. The summed E-state index contributed by atoms with van der Waals surface area (Å²) >= 11 is 0. The Morgan fingerprint density at radius 2 is 2.14 bits per heavy atom. The van der Waals surface area contributed by atoms with Crippen LogP contribution in [-0.4, -0.2) is 43.3 Å². The van der Waals surface area contributed by atoms with Crippen molar-refractivity contribution in [1.29, 1.82) is 0 Å². The number of hydrogen-bond donors (Lipinski definition) is 1. The second kappa shape index (κ2) is 3.46. The molecule has 2 aliphatic heterocycles. The second-order valence-electron chi connectivity index (χ2n) is 5.12. The van der Waals surface area contributed by atoms with Gasteiger partial charge in [0.15, 0.2) is 0 Å². The fraction of sp³-hybridized carbons (Fsp3) is 1.00. The third-order valence-corrected chi connectivity index (χ3v) is 4.17. The van der Waals surface area contributed by atoms with Crippen LogP contribution in [-0.2, 0) is 0 Å². The molecule has 0 spiro atoms. The van der Waals surface area contributed by atoms with Gasteiger partial charge in [-0.05, 0) is 44.2 Å². The maximum Gasteiger partial charge on any atom is 0.128 e. The Bertz CT molecular complexity index is 221. The number of piperidine rings is 2. The van der Waals surface area contributed by atoms with E-state index in [1.165, 1.54) is 19.4 Å². The van der Waals surface area contributed by atoms with E-state index in [0.29, 0.717) is 6.54 Å². The largest absolute Gasteiger partial charge is 0.314 e. The van der Waals surface area contributed by atoms with Crippen molar-refractivity contribution in [2.75, 3.05) is 26.2 Å². The lowest BCUT2D eigenvalue weighted by molar-refractivity contribution is 0.0660. The lowest BCUT2D eigenvalue weighted by Gasteiger charge is -2.38. The number of halogens is 1. The van der Waals surface area contributed by atoms with Crippen LogP contribution >= 0.6 is 0 Å². The molecule has 3 aliphatic rings. The number of hydrogen-bond acceptors (Lipinski definition) is 2. The summed E-state index contributed by atoms with van der Waals surface area (Å²) in [5.41, 5.74) is 0. The summed E-state index contributed by atoms with van der Waals surface area (Å²) in [5.74, 6) is 1.93. The molecule has 0 amide bonds. The summed E-state index contributed by atoms with van der Waals surface area (Å²) < 4.78 is 13.7. The Hall–Kier alpha value is -0.150. The van der Waals surface area contributed by atoms with Crippen molar-refractivity contribution in [3.8, 4) is 0 Å². The van der Waals surface area contributed by atoms with Gasteiger partial charge in [0.2, 0.25) is 0 Å². The van der Waals surface area contributed by atoms with Gasteiger partial charge in [-0.15, -0.1) is 0 Å². The molecule has 4 unspecified atom stereocenters. The van der Waals surface area contributed by atoms with E-state index < -0.39 is 6.17 Å². The van der Waals surface area contributed by atoms with Crippen LogP contribution in [0.2, 0.25) is 0 Å². The molecule has 2 saturated heterocycles. The van der Waals surface area contributed by atoms with E-state index in [1.54, 1.807) is 0 Å². The minimum absolute atomic E-state index is 0.220. The zero-order valence-electron chi connectivity index (χ0n) is 8.58. The molecule has 1 saturated carbocycles. The van der Waals surface area contributed by atoms with E-state index in [-0.39, 0.29) is 6.04 Å². The maximum absolute atomic E-state index is 13.7. The van der Waals surface area contributed by atoms with Gasteiger partial charge in [-0.25, -0.2) is 4.39 Å². The molecule has 0 radical (unpaired) electrons. The molecule has 1 aliphatic carbocycles. The van der Waals surface area contributed by atoms with E-state index >= 15 is 0 Å². The molecule has 1 N–H and O–H groups in total. The van der Waals surface area contributed by atoms with Crippen molar-refractivity contribution in [2.24, 2.45) is 11.8 Å². The van der Waals surface area contributed by atoms with Crippen LogP contribution in [0, 0.1) is 11.8 Å². The molecule has 0 bridgehead atoms. The van der Waals surface area contributed by atoms with Gasteiger partial charge in [0, 0.05) is 19.1 Å². The van der Waals surface area contributed by atoms with Gasteiger partial charge in [0.05, 0.1) is 0 Å². The first-order valence-corrected chi connectivity index (χ1v) is 5.93. The number of fused-ring (bicyclic) bond motifs is 1. The molecule has 3 heteroatoms. The molecule has 2 nitrogen and oxygen atoms in total. The smallest absolute Gasteiger partial charge is 0.128 e. The number of alkyl halides is 1. The Labute approximate surface area is 84.8 Å². The van der Waals surface area contributed by atoms with Crippen molar-refractivity contribution in [1.82, 2.24) is 10.2 Å². The van der Waals surface area contributed by atoms with Crippen LogP contribution in [0.15, 0.2) is 0 Å². The molecule has 3 rings (SSSR count). The van der Waals surface area contributed by atoms with E-state index in [2.05, 4.69) is 10.2 Å². The minimum Gasteiger partial charge on any atom is -0.314 e. The summed E-state index contributed by atoms with van der Waals surface area (Å²) in [5, 5.41) is 3.12. The first-order chi connectivity index (χ1) is 6.84. The number of nitrogens with one attached hydrogen (secondary N) is 1. The van der Waals surface area contributed by atoms with E-state index in [9.17, 15) is 4.39 Å². The van der Waals surface area contributed by atoms with Crippen molar-refractivity contribution in [3.05, 3.63) is 0 Å². The second-order valence-corrected chi connectivity index (χ2v) is 5.12. The Morgan fingerprint density at radius 3 is 2.93 bits per heavy atom. The third-order valence-electron chi connectivity index (χ3n) is 4.17. The van der Waals surface area contributed by atoms with Crippen LogP contribution in [0.4, 0.5) is 4.39 Å². The molecule has 3 fully saturated rings. The van der Waals surface area contributed by atoms with Gasteiger partial charge in [0.25, 0.3) is 0 Å². The molecule has 0 aromatic rings. The number of likely N-dealkylation sites (tertiary alicyclic amines) is 1. The monoisotopic (exact) mass is 198 g/mol. The van der Waals surface area contributed by atoms with E-state index in [4.69, 9.17) is 0 Å². The van der Waals surface area contributed by atoms with Crippen LogP contribution in [0.3, 0.4) is 0 Å². The molecule has 2 heterocycles. The SMILES string of the molecule is FC1CNCCC1N1CCC2CC2C1. The quantitative estimate of drug-likeness (QED) is 0.677. The van der Waals surface area contributed by atoms with Gasteiger partial charge in [-0.1, -0.05) is 0 Å². The highest BCUT2D eigenvalue weighted by molar-refractivity contribution is 4.97. The Morgan fingerprint density at radius 1 is 1.21 bits per heavy atom. The standard InChI is InChI=1S/C11H19FN2/c12-10-6-13-3-1-11(10)14-4-2-8-5-9(8)7-14/h8-11,13H,1-7H2. The fourth-order valence-electron chi connectivity index (χ4n) is 3.13. The van der Waals surface area contributed by atoms with Crippen LogP contribution < -0.4 is 5.32 Å². The molecule has 80 valence electrons. The molecular formula is C11H19FN2. The average molecular weight is 198 g/mol. The molecule has 0 aromatic carbocycles. The maximum atomic E-state index is 13.7. The number of nitrogens with zero attached hydrogens (tertiary/aromatic N) is 1. The van der Waals surface area contributed by atoms with Crippen molar-refractivity contribution in [2.45, 2.75) is 31.5 Å². The van der Waals surface area contributed by atoms with Gasteiger partial charge in [-0.3, -0.25) is 4.90 Å². The molecule has 4 atom stereocenters. The zero-order chi connectivity index (χ0) is 9.54. The van der Waals surface area contributed by atoms with E-state index in [1.807, 2.05) is 0 Å². The highest BCUT2D eigenvalue weighted by Crippen LogP contribution is 2.45. The third kappa shape index (κ3) is 1.57. The molecule has 0 aromatic heterocycles. The van der Waals surface area contributed by atoms with Crippen molar-refractivity contribution < 1.29 is 4.39 Å². The van der Waals surface area contributed by atoms with Crippen LogP contribution in [0.25, 0.3) is 0 Å². The summed E-state index contributed by atoms with van der Waals surface area (Å²) in [6, 6.07) is 0.220. The Balaban J connectivity index is 1.62. The molecular weight excluding hydrogens is 179 g/mol. The summed E-state index contributed by atoms with van der Waals surface area (Å²) in [6.07, 6.45) is 3.09. The van der Waals surface area contributed by atoms with Crippen molar-refractivity contribution >= 4 is 0 Å². The van der Waals surface area contributed by atoms with Crippen LogP contribution in [0.1, 0.15) is 19.3 Å². The number of rotatable bonds is 1. The van der Waals surface area contributed by atoms with E-state index in [0.717, 1.165) is 31.3 Å². The lowest BCUT2D eigenvalue weighted by Crippen LogP contribution is -2.52. The first kappa shape index (κ1) is 9.10. The van der Waals surface area contributed by atoms with Crippen LogP contribution in [0.5, 0.6) is 0 Å². The summed E-state index contributed by atoms with van der Waals surface area (Å²) in [7, 11) is 0. The average Bonchev–Trinajstić information content (AvgIpc) is 2.96. The van der Waals surface area contributed by atoms with Crippen molar-refractivity contribution in [3.63, 3.8) is 0 Å². The van der Waals surface area contributed by atoms with Gasteiger partial charge in [0.1, 0.15) is 6.17 Å². The molecule has 14 heavy (non-hydrogen) atoms. The van der Waals surface area contributed by atoms with Gasteiger partial charge < -0.3 is 5.32 Å². The summed E-state index contributed by atoms with van der Waals surface area (Å²) in [6.45, 7) is 3.88. The lowest BCUT2D eigenvalue weighted by atomic mass is 10.00. The highest BCUT2D eigenvalue weighted by atomic mass is 19.1. The predicted molar refractivity (Wildman–Crippen MR) is 54.0 cm³/mol. The predicted octanol–water partition coefficient (Wildman–Crippen LogP) is 1.03.